The molecule has 3 rings (SSSR count). The monoisotopic (exact) mass is 398 g/mol. The van der Waals surface area contributed by atoms with Gasteiger partial charge >= 0.3 is 12.1 Å². The Morgan fingerprint density at radius 3 is 2.55 bits per heavy atom. The number of aromatic nitrogens is 1. The summed E-state index contributed by atoms with van der Waals surface area (Å²) in [6.07, 6.45) is 0.382. The summed E-state index contributed by atoms with van der Waals surface area (Å²) in [5.74, 6) is -0.540. The van der Waals surface area contributed by atoms with Crippen molar-refractivity contribution in [3.63, 3.8) is 0 Å². The van der Waals surface area contributed by atoms with Gasteiger partial charge in [0.25, 0.3) is 0 Å². The molecule has 29 heavy (non-hydrogen) atoms. The van der Waals surface area contributed by atoms with Crippen molar-refractivity contribution in [3.05, 3.63) is 53.6 Å². The number of nitrogens with zero attached hydrogens (tertiary/aromatic N) is 4. The van der Waals surface area contributed by atoms with Crippen molar-refractivity contribution < 1.29 is 19.1 Å². The summed E-state index contributed by atoms with van der Waals surface area (Å²) in [6.45, 7) is 2.08. The van der Waals surface area contributed by atoms with Crippen LogP contribution in [0.5, 0.6) is 0 Å². The van der Waals surface area contributed by atoms with Gasteiger partial charge < -0.3 is 20.6 Å². The van der Waals surface area contributed by atoms with Crippen molar-refractivity contribution in [1.82, 2.24) is 14.8 Å². The van der Waals surface area contributed by atoms with Crippen molar-refractivity contribution in [3.8, 4) is 6.07 Å². The number of nitriles is 1. The fraction of sp³-hybridized carbons (Fsp3) is 0.263. The predicted octanol–water partition coefficient (Wildman–Crippen LogP) is 2.53. The second kappa shape index (κ2) is 8.99. The number of carboxylic acid groups (broad SMARTS) is 1. The van der Waals surface area contributed by atoms with E-state index in [4.69, 9.17) is 10.4 Å². The number of rotatable bonds is 4. The molecular formula is C19H19FN6O3. The van der Waals surface area contributed by atoms with E-state index in [0.29, 0.717) is 44.0 Å². The average molecular weight is 398 g/mol. The normalized spacial score (nSPS) is 14.1. The molecule has 1 aliphatic heterocycles. The van der Waals surface area contributed by atoms with Crippen LogP contribution in [0.25, 0.3) is 0 Å². The Labute approximate surface area is 166 Å². The van der Waals surface area contributed by atoms with Crippen LogP contribution in [-0.4, -0.2) is 58.2 Å². The first kappa shape index (κ1) is 20.0. The summed E-state index contributed by atoms with van der Waals surface area (Å²) in [5.41, 5.74) is 1.03. The number of carbonyl (C=O) groups is 2. The molecule has 3 amide bonds. The van der Waals surface area contributed by atoms with E-state index in [1.54, 1.807) is 12.1 Å². The largest absolute Gasteiger partial charge is 0.465 e. The number of urea groups is 1. The summed E-state index contributed by atoms with van der Waals surface area (Å²) in [5, 5.41) is 22.7. The van der Waals surface area contributed by atoms with Crippen LogP contribution in [0.1, 0.15) is 11.3 Å². The lowest BCUT2D eigenvalue weighted by atomic mass is 10.1. The van der Waals surface area contributed by atoms with Gasteiger partial charge in [0.1, 0.15) is 11.8 Å². The van der Waals surface area contributed by atoms with E-state index in [1.165, 1.54) is 29.3 Å². The van der Waals surface area contributed by atoms with Crippen LogP contribution in [0.15, 0.2) is 36.5 Å². The van der Waals surface area contributed by atoms with Gasteiger partial charge in [-0.15, -0.1) is 0 Å². The van der Waals surface area contributed by atoms with Crippen LogP contribution < -0.4 is 10.6 Å². The van der Waals surface area contributed by atoms with Gasteiger partial charge in [-0.2, -0.15) is 5.26 Å². The number of amides is 3. The summed E-state index contributed by atoms with van der Waals surface area (Å²) in [6, 6.07) is 8.95. The Kier molecular flexibility index (Phi) is 6.21. The summed E-state index contributed by atoms with van der Waals surface area (Å²) in [4.78, 5) is 30.2. The lowest BCUT2D eigenvalue weighted by Gasteiger charge is -2.33. The third kappa shape index (κ3) is 5.18. The maximum absolute atomic E-state index is 14.8. The summed E-state index contributed by atoms with van der Waals surface area (Å²) >= 11 is 0. The Hall–Kier alpha value is -3.71. The van der Waals surface area contributed by atoms with E-state index in [0.717, 1.165) is 0 Å². The molecule has 1 aromatic heterocycles. The highest BCUT2D eigenvalue weighted by Gasteiger charge is 2.21. The average Bonchev–Trinajstić information content (AvgIpc) is 2.72. The standard InChI is InChI=1S/C19H19FN6O3/c20-17-13(12-25-6-8-26(9-7-25)19(28)29)2-1-3-16(17)24-18(27)23-15-5-4-14(10-21)22-11-15/h1-5,11H,6-9,12H2,(H,28,29)(H2,23,24,27). The van der Waals surface area contributed by atoms with Gasteiger partial charge in [0.05, 0.1) is 17.6 Å². The molecule has 150 valence electrons. The molecule has 0 saturated carbocycles. The van der Waals surface area contributed by atoms with E-state index < -0.39 is 17.9 Å². The van der Waals surface area contributed by atoms with Gasteiger partial charge in [-0.1, -0.05) is 12.1 Å². The molecule has 0 radical (unpaired) electrons. The van der Waals surface area contributed by atoms with Crippen LogP contribution in [0.4, 0.5) is 25.4 Å². The molecule has 2 heterocycles. The molecule has 1 aromatic carbocycles. The molecule has 0 aliphatic carbocycles. The van der Waals surface area contributed by atoms with Crippen molar-refractivity contribution in [2.24, 2.45) is 0 Å². The number of piperazine rings is 1. The first-order valence-electron chi connectivity index (χ1n) is 8.88. The Morgan fingerprint density at radius 1 is 1.17 bits per heavy atom. The van der Waals surface area contributed by atoms with Gasteiger partial charge in [0.2, 0.25) is 0 Å². The van der Waals surface area contributed by atoms with Crippen molar-refractivity contribution in [2.45, 2.75) is 6.54 Å². The van der Waals surface area contributed by atoms with Crippen LogP contribution in [0.3, 0.4) is 0 Å². The molecule has 0 unspecified atom stereocenters. The molecule has 10 heteroatoms. The van der Waals surface area contributed by atoms with Gasteiger partial charge in [-0.3, -0.25) is 4.90 Å². The first-order chi connectivity index (χ1) is 14.0. The summed E-state index contributed by atoms with van der Waals surface area (Å²) < 4.78 is 14.8. The van der Waals surface area contributed by atoms with Gasteiger partial charge in [0, 0.05) is 38.3 Å². The number of hydrogen-bond acceptors (Lipinski definition) is 5. The highest BCUT2D eigenvalue weighted by Crippen LogP contribution is 2.20. The molecule has 3 N–H and O–H groups in total. The fourth-order valence-electron chi connectivity index (χ4n) is 2.96. The van der Waals surface area contributed by atoms with Gasteiger partial charge in [-0.25, -0.2) is 19.0 Å². The Balaban J connectivity index is 1.60. The number of anilines is 2. The smallest absolute Gasteiger partial charge is 0.407 e. The molecule has 0 bridgehead atoms. The predicted molar refractivity (Wildman–Crippen MR) is 103 cm³/mol. The van der Waals surface area contributed by atoms with Crippen molar-refractivity contribution in [2.75, 3.05) is 36.8 Å². The van der Waals surface area contributed by atoms with Crippen LogP contribution in [0.2, 0.25) is 0 Å². The molecule has 0 spiro atoms. The van der Waals surface area contributed by atoms with Crippen LogP contribution in [0, 0.1) is 17.1 Å². The quantitative estimate of drug-likeness (QED) is 0.728. The number of hydrogen-bond donors (Lipinski definition) is 3. The molecular weight excluding hydrogens is 379 g/mol. The van der Waals surface area contributed by atoms with E-state index in [9.17, 15) is 14.0 Å². The highest BCUT2D eigenvalue weighted by atomic mass is 19.1. The Bertz CT molecular complexity index is 936. The minimum Gasteiger partial charge on any atom is -0.465 e. The van der Waals surface area contributed by atoms with E-state index >= 15 is 0 Å². The number of nitrogens with one attached hydrogen (secondary N) is 2. The second-order valence-electron chi connectivity index (χ2n) is 6.45. The van der Waals surface area contributed by atoms with Crippen molar-refractivity contribution >= 4 is 23.5 Å². The minimum atomic E-state index is -0.953. The zero-order valence-corrected chi connectivity index (χ0v) is 15.4. The maximum atomic E-state index is 14.8. The Morgan fingerprint density at radius 2 is 1.93 bits per heavy atom. The molecule has 1 fully saturated rings. The number of pyridine rings is 1. The third-order valence-electron chi connectivity index (χ3n) is 4.50. The lowest BCUT2D eigenvalue weighted by molar-refractivity contribution is 0.102. The minimum absolute atomic E-state index is 0.0331. The molecule has 1 aliphatic rings. The number of carbonyl (C=O) groups excluding carboxylic acids is 1. The third-order valence-corrected chi connectivity index (χ3v) is 4.50. The van der Waals surface area contributed by atoms with E-state index in [2.05, 4.69) is 15.6 Å². The van der Waals surface area contributed by atoms with Crippen LogP contribution in [-0.2, 0) is 6.54 Å². The first-order valence-corrected chi connectivity index (χ1v) is 8.88. The van der Waals surface area contributed by atoms with Gasteiger partial charge in [0.15, 0.2) is 5.82 Å². The molecule has 0 atom stereocenters. The number of halogens is 1. The van der Waals surface area contributed by atoms with E-state index in [1.807, 2.05) is 11.0 Å². The topological polar surface area (TPSA) is 122 Å². The van der Waals surface area contributed by atoms with Crippen LogP contribution >= 0.6 is 0 Å². The molecule has 1 saturated heterocycles. The maximum Gasteiger partial charge on any atom is 0.407 e. The SMILES string of the molecule is N#Cc1ccc(NC(=O)Nc2cccc(CN3CCN(C(=O)O)CC3)c2F)cn1. The van der Waals surface area contributed by atoms with Gasteiger partial charge in [-0.05, 0) is 18.2 Å². The molecule has 9 nitrogen and oxygen atoms in total. The molecule has 2 aromatic rings. The highest BCUT2D eigenvalue weighted by molar-refractivity contribution is 5.99. The number of benzene rings is 1. The lowest BCUT2D eigenvalue weighted by Crippen LogP contribution is -2.47. The van der Waals surface area contributed by atoms with E-state index in [-0.39, 0.29) is 11.4 Å². The zero-order chi connectivity index (χ0) is 20.8. The second-order valence-corrected chi connectivity index (χ2v) is 6.45. The zero-order valence-electron chi connectivity index (χ0n) is 15.4. The summed E-state index contributed by atoms with van der Waals surface area (Å²) in [7, 11) is 0. The fourth-order valence-corrected chi connectivity index (χ4v) is 2.96. The van der Waals surface area contributed by atoms with Crippen molar-refractivity contribution in [1.29, 1.82) is 5.26 Å².